The maximum absolute atomic E-state index is 12.3. The van der Waals surface area contributed by atoms with Gasteiger partial charge in [0.25, 0.3) is 0 Å². The summed E-state index contributed by atoms with van der Waals surface area (Å²) in [4.78, 5) is 24.5. The quantitative estimate of drug-likeness (QED) is 0.191. The van der Waals surface area contributed by atoms with Gasteiger partial charge in [-0.15, -0.1) is 0 Å². The molecule has 0 fully saturated rings. The highest BCUT2D eigenvalue weighted by molar-refractivity contribution is 6.78. The second kappa shape index (κ2) is 12.9. The number of aryl methyl sites for hydroxylation is 1. The first-order valence-corrected chi connectivity index (χ1v) is 14.7. The average Bonchev–Trinajstić information content (AvgIpc) is 2.72. The fraction of sp³-hybridized carbons (Fsp3) is 0.667. The summed E-state index contributed by atoms with van der Waals surface area (Å²) in [6.45, 7) is 13.9. The van der Waals surface area contributed by atoms with E-state index >= 15 is 0 Å². The number of hydrogen-bond acceptors (Lipinski definition) is 6. The molecule has 0 atom stereocenters. The van der Waals surface area contributed by atoms with Crippen LogP contribution in [0.4, 0.5) is 0 Å². The lowest BCUT2D eigenvalue weighted by Crippen LogP contribution is -2.57. The van der Waals surface area contributed by atoms with Crippen LogP contribution in [0.1, 0.15) is 52.5 Å². The molecule has 0 aliphatic carbocycles. The van der Waals surface area contributed by atoms with E-state index < -0.39 is 25.6 Å². The Hall–Kier alpha value is -1.86. The highest BCUT2D eigenvalue weighted by Gasteiger charge is 2.44. The first-order valence-electron chi connectivity index (χ1n) is 11.4. The summed E-state index contributed by atoms with van der Waals surface area (Å²) in [5.74, 6) is -0.687. The molecule has 1 aromatic carbocycles. The molecule has 31 heavy (non-hydrogen) atoms. The van der Waals surface area contributed by atoms with E-state index in [1.165, 1.54) is 12.5 Å². The Morgan fingerprint density at radius 3 is 2.03 bits per heavy atom. The van der Waals surface area contributed by atoms with E-state index in [1.54, 1.807) is 13.8 Å². The summed E-state index contributed by atoms with van der Waals surface area (Å²) < 4.78 is 15.9. The lowest BCUT2D eigenvalue weighted by molar-refractivity contribution is -0.164. The van der Waals surface area contributed by atoms with Crippen LogP contribution in [-0.4, -0.2) is 45.4 Å². The normalized spacial score (nSPS) is 12.0. The van der Waals surface area contributed by atoms with E-state index in [1.807, 2.05) is 24.3 Å². The smallest absolute Gasteiger partial charge is 0.337 e. The number of benzene rings is 1. The zero-order valence-corrected chi connectivity index (χ0v) is 21.2. The predicted octanol–water partition coefficient (Wildman–Crippen LogP) is 4.72. The lowest BCUT2D eigenvalue weighted by Gasteiger charge is -2.26. The number of ether oxygens (including phenoxy) is 3. The van der Waals surface area contributed by atoms with Gasteiger partial charge >= 0.3 is 11.9 Å². The molecule has 0 saturated carbocycles. The SMILES string of the molecule is CCOC(=O)C(N)(CCc1ccc(OCCCC[Si](C)(C)C(C)C)cc1)C(=O)OCC. The van der Waals surface area contributed by atoms with E-state index in [2.05, 4.69) is 26.9 Å². The monoisotopic (exact) mass is 451 g/mol. The third kappa shape index (κ3) is 8.65. The van der Waals surface area contributed by atoms with Crippen molar-refractivity contribution in [1.82, 2.24) is 0 Å². The molecule has 1 aromatic rings. The molecule has 1 rings (SSSR count). The highest BCUT2D eigenvalue weighted by atomic mass is 28.3. The Bertz CT molecular complexity index is 670. The molecule has 0 unspecified atom stereocenters. The topological polar surface area (TPSA) is 87.9 Å². The summed E-state index contributed by atoms with van der Waals surface area (Å²) in [7, 11) is -1.10. The molecule has 6 nitrogen and oxygen atoms in total. The van der Waals surface area contributed by atoms with Gasteiger partial charge in [0.1, 0.15) is 5.75 Å². The van der Waals surface area contributed by atoms with Gasteiger partial charge in [0.15, 0.2) is 0 Å². The minimum Gasteiger partial charge on any atom is -0.494 e. The average molecular weight is 452 g/mol. The van der Waals surface area contributed by atoms with Crippen LogP contribution < -0.4 is 10.5 Å². The Labute approximate surface area is 188 Å². The maximum Gasteiger partial charge on any atom is 0.337 e. The first-order chi connectivity index (χ1) is 14.6. The summed E-state index contributed by atoms with van der Waals surface area (Å²) in [6.07, 6.45) is 2.82. The molecule has 0 heterocycles. The van der Waals surface area contributed by atoms with Crippen LogP contribution >= 0.6 is 0 Å². The van der Waals surface area contributed by atoms with Crippen molar-refractivity contribution in [2.45, 2.75) is 83.6 Å². The third-order valence-corrected chi connectivity index (χ3v) is 10.8. The van der Waals surface area contributed by atoms with Crippen molar-refractivity contribution in [1.29, 1.82) is 0 Å². The Balaban J connectivity index is 2.55. The fourth-order valence-corrected chi connectivity index (χ4v) is 4.80. The molecule has 176 valence electrons. The van der Waals surface area contributed by atoms with E-state index in [-0.39, 0.29) is 19.6 Å². The molecular weight excluding hydrogens is 410 g/mol. The number of nitrogens with two attached hydrogens (primary N) is 1. The number of unbranched alkanes of at least 4 members (excludes halogenated alkanes) is 1. The molecule has 0 bridgehead atoms. The van der Waals surface area contributed by atoms with Gasteiger partial charge in [-0.25, -0.2) is 9.59 Å². The zero-order chi connectivity index (χ0) is 23.5. The zero-order valence-electron chi connectivity index (χ0n) is 20.2. The summed E-state index contributed by atoms with van der Waals surface area (Å²) in [5, 5.41) is 0. The van der Waals surface area contributed by atoms with Crippen LogP contribution in [0, 0.1) is 0 Å². The highest BCUT2D eigenvalue weighted by Crippen LogP contribution is 2.26. The number of hydrogen-bond donors (Lipinski definition) is 1. The van der Waals surface area contributed by atoms with Crippen molar-refractivity contribution in [3.63, 3.8) is 0 Å². The molecular formula is C24H41NO5Si. The molecule has 0 saturated heterocycles. The van der Waals surface area contributed by atoms with Gasteiger partial charge in [0.05, 0.1) is 19.8 Å². The van der Waals surface area contributed by atoms with Gasteiger partial charge < -0.3 is 19.9 Å². The number of carbonyl (C=O) groups excluding carboxylic acids is 2. The van der Waals surface area contributed by atoms with Gasteiger partial charge in [0.2, 0.25) is 5.54 Å². The molecule has 0 amide bonds. The summed E-state index contributed by atoms with van der Waals surface area (Å²) in [5.41, 5.74) is 6.08. The summed E-state index contributed by atoms with van der Waals surface area (Å²) in [6, 6.07) is 9.01. The maximum atomic E-state index is 12.3. The van der Waals surface area contributed by atoms with Crippen molar-refractivity contribution >= 4 is 20.0 Å². The minimum atomic E-state index is -1.80. The minimum absolute atomic E-state index is 0.112. The van der Waals surface area contributed by atoms with Crippen molar-refractivity contribution in [3.05, 3.63) is 29.8 Å². The first kappa shape index (κ1) is 27.2. The largest absolute Gasteiger partial charge is 0.494 e. The van der Waals surface area contributed by atoms with Crippen LogP contribution in [0.25, 0.3) is 0 Å². The van der Waals surface area contributed by atoms with Gasteiger partial charge in [-0.1, -0.05) is 57.1 Å². The third-order valence-electron chi connectivity index (χ3n) is 6.06. The van der Waals surface area contributed by atoms with Gasteiger partial charge in [-0.2, -0.15) is 0 Å². The van der Waals surface area contributed by atoms with Gasteiger partial charge in [-0.05, 0) is 50.8 Å². The molecule has 0 aliphatic heterocycles. The second-order valence-corrected chi connectivity index (χ2v) is 14.6. The van der Waals surface area contributed by atoms with Crippen LogP contribution in [0.5, 0.6) is 5.75 Å². The Morgan fingerprint density at radius 1 is 1.00 bits per heavy atom. The Kier molecular flexibility index (Phi) is 11.3. The molecule has 7 heteroatoms. The molecule has 0 aromatic heterocycles. The number of carbonyl (C=O) groups is 2. The standard InChI is InChI=1S/C24H41NO5Si/c1-7-28-22(26)24(25,23(27)29-8-2)16-15-20-11-13-21(14-12-20)30-17-9-10-18-31(5,6)19(3)4/h11-14,19H,7-10,15-18,25H2,1-6H3. The molecule has 0 aliphatic rings. The van der Waals surface area contributed by atoms with E-state index in [9.17, 15) is 9.59 Å². The summed E-state index contributed by atoms with van der Waals surface area (Å²) >= 11 is 0. The van der Waals surface area contributed by atoms with Gasteiger partial charge in [0, 0.05) is 8.07 Å². The molecule has 0 spiro atoms. The van der Waals surface area contributed by atoms with Gasteiger partial charge in [-0.3, -0.25) is 0 Å². The van der Waals surface area contributed by atoms with Crippen LogP contribution in [0.2, 0.25) is 24.7 Å². The van der Waals surface area contributed by atoms with E-state index in [0.29, 0.717) is 13.0 Å². The second-order valence-electron chi connectivity index (χ2n) is 9.01. The van der Waals surface area contributed by atoms with Crippen LogP contribution in [-0.2, 0) is 25.5 Å². The van der Waals surface area contributed by atoms with E-state index in [4.69, 9.17) is 19.9 Å². The fourth-order valence-electron chi connectivity index (χ4n) is 3.06. The lowest BCUT2D eigenvalue weighted by atomic mass is 9.92. The Morgan fingerprint density at radius 2 is 1.55 bits per heavy atom. The van der Waals surface area contributed by atoms with Crippen molar-refractivity contribution in [2.24, 2.45) is 5.73 Å². The van der Waals surface area contributed by atoms with Crippen molar-refractivity contribution < 1.29 is 23.8 Å². The van der Waals surface area contributed by atoms with E-state index in [0.717, 1.165) is 23.3 Å². The molecule has 2 N–H and O–H groups in total. The number of rotatable bonds is 14. The number of esters is 2. The van der Waals surface area contributed by atoms with Crippen molar-refractivity contribution in [2.75, 3.05) is 19.8 Å². The molecule has 0 radical (unpaired) electrons. The van der Waals surface area contributed by atoms with Crippen LogP contribution in [0.3, 0.4) is 0 Å². The predicted molar refractivity (Wildman–Crippen MR) is 127 cm³/mol. The van der Waals surface area contributed by atoms with Crippen molar-refractivity contribution in [3.8, 4) is 5.75 Å². The van der Waals surface area contributed by atoms with Crippen LogP contribution in [0.15, 0.2) is 24.3 Å².